The van der Waals surface area contributed by atoms with Crippen LogP contribution in [0.25, 0.3) is 10.6 Å². The molecule has 1 aromatic carbocycles. The van der Waals surface area contributed by atoms with Gasteiger partial charge in [-0.2, -0.15) is 11.3 Å². The molecule has 0 saturated heterocycles. The van der Waals surface area contributed by atoms with E-state index in [0.717, 1.165) is 16.1 Å². The van der Waals surface area contributed by atoms with Crippen molar-refractivity contribution in [1.29, 1.82) is 0 Å². The molecule has 5 nitrogen and oxygen atoms in total. The molecule has 0 aliphatic carbocycles. The van der Waals surface area contributed by atoms with Crippen LogP contribution in [-0.4, -0.2) is 24.0 Å². The van der Waals surface area contributed by atoms with Crippen molar-refractivity contribution in [1.82, 2.24) is 4.98 Å². The Morgan fingerprint density at radius 2 is 2.00 bits per heavy atom. The Morgan fingerprint density at radius 1 is 1.20 bits per heavy atom. The van der Waals surface area contributed by atoms with Crippen LogP contribution in [-0.2, 0) is 4.74 Å². The van der Waals surface area contributed by atoms with Crippen molar-refractivity contribution in [2.24, 2.45) is 0 Å². The van der Waals surface area contributed by atoms with E-state index in [1.54, 1.807) is 29.5 Å². The molecule has 0 bridgehead atoms. The number of benzene rings is 1. The molecule has 0 unspecified atom stereocenters. The van der Waals surface area contributed by atoms with Crippen molar-refractivity contribution in [2.75, 3.05) is 12.4 Å². The molecule has 128 valence electrons. The van der Waals surface area contributed by atoms with Gasteiger partial charge in [0.2, 0.25) is 0 Å². The van der Waals surface area contributed by atoms with Gasteiger partial charge in [-0.1, -0.05) is 0 Å². The van der Waals surface area contributed by atoms with Gasteiger partial charge in [0.1, 0.15) is 9.88 Å². The summed E-state index contributed by atoms with van der Waals surface area (Å²) in [7, 11) is 1.34. The summed E-state index contributed by atoms with van der Waals surface area (Å²) in [6, 6.07) is 7.01. The normalized spacial score (nSPS) is 10.5. The summed E-state index contributed by atoms with van der Waals surface area (Å²) >= 11 is 2.97. The fourth-order valence-electron chi connectivity index (χ4n) is 2.34. The predicted octanol–water partition coefficient (Wildman–Crippen LogP) is 4.53. The van der Waals surface area contributed by atoms with Crippen LogP contribution in [0.3, 0.4) is 0 Å². The van der Waals surface area contributed by atoms with Crippen LogP contribution >= 0.6 is 22.7 Å². The number of aromatic nitrogens is 1. The molecule has 0 radical (unpaired) electrons. The van der Waals surface area contributed by atoms with Crippen LogP contribution < -0.4 is 5.32 Å². The third-order valence-electron chi connectivity index (χ3n) is 3.67. The zero-order chi connectivity index (χ0) is 18.0. The monoisotopic (exact) mass is 372 g/mol. The molecule has 0 aliphatic rings. The van der Waals surface area contributed by atoms with Gasteiger partial charge in [0.05, 0.1) is 18.4 Å². The van der Waals surface area contributed by atoms with Gasteiger partial charge in [0, 0.05) is 16.6 Å². The lowest BCUT2D eigenvalue weighted by Gasteiger charge is -2.09. The minimum absolute atomic E-state index is 0.203. The highest BCUT2D eigenvalue weighted by molar-refractivity contribution is 7.17. The molecule has 25 heavy (non-hydrogen) atoms. The highest BCUT2D eigenvalue weighted by Gasteiger charge is 2.17. The second kappa shape index (κ2) is 7.16. The van der Waals surface area contributed by atoms with E-state index in [9.17, 15) is 9.59 Å². The lowest BCUT2D eigenvalue weighted by atomic mass is 10.1. The van der Waals surface area contributed by atoms with Crippen molar-refractivity contribution in [3.8, 4) is 10.6 Å². The first-order valence-corrected chi connectivity index (χ1v) is 9.26. The number of ether oxygens (including phenoxy) is 1. The van der Waals surface area contributed by atoms with E-state index in [1.807, 2.05) is 30.7 Å². The average molecular weight is 372 g/mol. The van der Waals surface area contributed by atoms with Crippen LogP contribution in [0, 0.1) is 13.8 Å². The summed E-state index contributed by atoms with van der Waals surface area (Å²) in [5.41, 5.74) is 3.62. The van der Waals surface area contributed by atoms with Gasteiger partial charge in [0.25, 0.3) is 5.91 Å². The van der Waals surface area contributed by atoms with E-state index in [1.165, 1.54) is 18.4 Å². The number of amides is 1. The number of thiophene rings is 1. The zero-order valence-corrected chi connectivity index (χ0v) is 15.6. The number of hydrogen-bond donors (Lipinski definition) is 1. The second-order valence-corrected chi connectivity index (χ2v) is 7.20. The number of anilines is 1. The summed E-state index contributed by atoms with van der Waals surface area (Å²) in [6.07, 6.45) is 0. The molecule has 0 aliphatic heterocycles. The molecule has 0 atom stereocenters. The quantitative estimate of drug-likeness (QED) is 0.683. The molecule has 7 heteroatoms. The second-order valence-electron chi connectivity index (χ2n) is 5.42. The van der Waals surface area contributed by atoms with Crippen molar-refractivity contribution in [3.63, 3.8) is 0 Å². The Bertz CT molecular complexity index is 930. The first-order valence-electron chi connectivity index (χ1n) is 7.50. The van der Waals surface area contributed by atoms with E-state index in [4.69, 9.17) is 4.74 Å². The standard InChI is InChI=1S/C18H16N2O3S2/c1-10-8-12(18(22)23-3)4-5-14(10)20-16(21)15-11(2)19-17(25-15)13-6-7-24-9-13/h4-9H,1-3H3,(H,20,21). The van der Waals surface area contributed by atoms with E-state index < -0.39 is 5.97 Å². The van der Waals surface area contributed by atoms with Gasteiger partial charge in [-0.3, -0.25) is 4.79 Å². The molecule has 3 aromatic rings. The number of esters is 1. The fourth-order valence-corrected chi connectivity index (χ4v) is 4.02. The molecule has 3 rings (SSSR count). The van der Waals surface area contributed by atoms with Crippen molar-refractivity contribution < 1.29 is 14.3 Å². The molecule has 0 saturated carbocycles. The van der Waals surface area contributed by atoms with Crippen LogP contribution in [0.4, 0.5) is 5.69 Å². The van der Waals surface area contributed by atoms with Crippen LogP contribution in [0.2, 0.25) is 0 Å². The summed E-state index contributed by atoms with van der Waals surface area (Å²) < 4.78 is 4.70. The molecule has 0 fully saturated rings. The molecule has 1 N–H and O–H groups in total. The number of thiazole rings is 1. The maximum Gasteiger partial charge on any atom is 0.337 e. The van der Waals surface area contributed by atoms with Gasteiger partial charge in [-0.15, -0.1) is 11.3 Å². The van der Waals surface area contributed by atoms with Gasteiger partial charge in [-0.25, -0.2) is 9.78 Å². The summed E-state index contributed by atoms with van der Waals surface area (Å²) in [4.78, 5) is 29.3. The Morgan fingerprint density at radius 3 is 2.64 bits per heavy atom. The smallest absolute Gasteiger partial charge is 0.337 e. The van der Waals surface area contributed by atoms with Crippen LogP contribution in [0.1, 0.15) is 31.3 Å². The number of nitrogens with one attached hydrogen (secondary N) is 1. The Hall–Kier alpha value is -2.51. The first-order chi connectivity index (χ1) is 12.0. The summed E-state index contributed by atoms with van der Waals surface area (Å²) in [5, 5.41) is 7.72. The summed E-state index contributed by atoms with van der Waals surface area (Å²) in [6.45, 7) is 3.66. The third-order valence-corrected chi connectivity index (χ3v) is 5.56. The molecule has 2 aromatic heterocycles. The number of carbonyl (C=O) groups is 2. The average Bonchev–Trinajstić information content (AvgIpc) is 3.25. The third kappa shape index (κ3) is 3.62. The van der Waals surface area contributed by atoms with E-state index in [-0.39, 0.29) is 5.91 Å². The van der Waals surface area contributed by atoms with E-state index in [2.05, 4.69) is 10.3 Å². The predicted molar refractivity (Wildman–Crippen MR) is 101 cm³/mol. The van der Waals surface area contributed by atoms with Crippen LogP contribution in [0.15, 0.2) is 35.0 Å². The lowest BCUT2D eigenvalue weighted by molar-refractivity contribution is 0.0600. The van der Waals surface area contributed by atoms with Crippen LogP contribution in [0.5, 0.6) is 0 Å². The maximum atomic E-state index is 12.6. The fraction of sp³-hybridized carbons (Fsp3) is 0.167. The number of rotatable bonds is 4. The van der Waals surface area contributed by atoms with Gasteiger partial charge >= 0.3 is 5.97 Å². The number of nitrogens with zero attached hydrogens (tertiary/aromatic N) is 1. The Kier molecular flexibility index (Phi) is 4.96. The molecule has 1 amide bonds. The van der Waals surface area contributed by atoms with Crippen molar-refractivity contribution in [3.05, 3.63) is 56.7 Å². The number of methoxy groups -OCH3 is 1. The number of aryl methyl sites for hydroxylation is 2. The number of carbonyl (C=O) groups excluding carboxylic acids is 2. The first kappa shape index (κ1) is 17.3. The van der Waals surface area contributed by atoms with Crippen molar-refractivity contribution >= 4 is 40.2 Å². The van der Waals surface area contributed by atoms with Crippen molar-refractivity contribution in [2.45, 2.75) is 13.8 Å². The highest BCUT2D eigenvalue weighted by atomic mass is 32.1. The van der Waals surface area contributed by atoms with Gasteiger partial charge in [-0.05, 0) is 49.1 Å². The number of hydrogen-bond acceptors (Lipinski definition) is 6. The Balaban J connectivity index is 1.82. The van der Waals surface area contributed by atoms with E-state index >= 15 is 0 Å². The minimum atomic E-state index is -0.403. The zero-order valence-electron chi connectivity index (χ0n) is 14.0. The maximum absolute atomic E-state index is 12.6. The molecule has 2 heterocycles. The topological polar surface area (TPSA) is 68.3 Å². The SMILES string of the molecule is COC(=O)c1ccc(NC(=O)c2sc(-c3ccsc3)nc2C)c(C)c1. The molecular weight excluding hydrogens is 356 g/mol. The highest BCUT2D eigenvalue weighted by Crippen LogP contribution is 2.30. The summed E-state index contributed by atoms with van der Waals surface area (Å²) in [5.74, 6) is -0.606. The lowest BCUT2D eigenvalue weighted by Crippen LogP contribution is -2.13. The van der Waals surface area contributed by atoms with Gasteiger partial charge in [0.15, 0.2) is 0 Å². The largest absolute Gasteiger partial charge is 0.465 e. The van der Waals surface area contributed by atoms with E-state index in [0.29, 0.717) is 21.8 Å². The molecule has 0 spiro atoms. The Labute approximate surface area is 153 Å². The molecular formula is C18H16N2O3S2. The van der Waals surface area contributed by atoms with Gasteiger partial charge < -0.3 is 10.1 Å². The minimum Gasteiger partial charge on any atom is -0.465 e.